The molecule has 1 N–H and O–H groups in total. The quantitative estimate of drug-likeness (QED) is 0.820. The van der Waals surface area contributed by atoms with Crippen LogP contribution in [0.1, 0.15) is 35.2 Å². The summed E-state index contributed by atoms with van der Waals surface area (Å²) in [5.41, 5.74) is 4.58. The molecule has 0 aromatic heterocycles. The predicted molar refractivity (Wildman–Crippen MR) is 87.4 cm³/mol. The van der Waals surface area contributed by atoms with Crippen LogP contribution >= 0.6 is 11.6 Å². The number of likely N-dealkylation sites (N-methyl/N-ethyl adjacent to an activating group) is 1. The van der Waals surface area contributed by atoms with Crippen LogP contribution in [0, 0.1) is 19.7 Å². The van der Waals surface area contributed by atoms with Gasteiger partial charge in [0.1, 0.15) is 5.82 Å². The fourth-order valence-corrected chi connectivity index (χ4v) is 2.65. The third-order valence-electron chi connectivity index (χ3n) is 3.82. The molecule has 2 aromatic rings. The summed E-state index contributed by atoms with van der Waals surface area (Å²) in [5, 5.41) is 4.07. The van der Waals surface area contributed by atoms with E-state index in [1.165, 1.54) is 28.8 Å². The Morgan fingerprint density at radius 1 is 1.10 bits per heavy atom. The fourth-order valence-electron chi connectivity index (χ4n) is 2.46. The number of nitrogens with one attached hydrogen (secondary N) is 1. The molecule has 0 aliphatic carbocycles. The molecule has 0 spiro atoms. The summed E-state index contributed by atoms with van der Waals surface area (Å²) >= 11 is 6.19. The Labute approximate surface area is 131 Å². The van der Waals surface area contributed by atoms with Crippen molar-refractivity contribution < 1.29 is 4.39 Å². The van der Waals surface area contributed by atoms with E-state index in [1.807, 2.05) is 0 Å². The Hall–Kier alpha value is -1.38. The van der Waals surface area contributed by atoms with Gasteiger partial charge in [-0.1, -0.05) is 36.7 Å². The van der Waals surface area contributed by atoms with Gasteiger partial charge in [-0.3, -0.25) is 0 Å². The van der Waals surface area contributed by atoms with E-state index in [-0.39, 0.29) is 11.9 Å². The molecule has 1 unspecified atom stereocenters. The molecular weight excluding hydrogens is 285 g/mol. The molecule has 2 aromatic carbocycles. The largest absolute Gasteiger partial charge is 0.310 e. The second-order valence-corrected chi connectivity index (χ2v) is 5.80. The summed E-state index contributed by atoms with van der Waals surface area (Å²) in [6.07, 6.45) is 0.674. The van der Waals surface area contributed by atoms with E-state index in [0.717, 1.165) is 12.1 Å². The number of aryl methyl sites for hydroxylation is 2. The molecular formula is C18H21ClFN. The summed E-state index contributed by atoms with van der Waals surface area (Å²) < 4.78 is 13.4. The molecule has 0 saturated heterocycles. The zero-order valence-electron chi connectivity index (χ0n) is 12.7. The number of halogens is 2. The summed E-state index contributed by atoms with van der Waals surface area (Å²) in [6.45, 7) is 7.13. The van der Waals surface area contributed by atoms with E-state index >= 15 is 0 Å². The van der Waals surface area contributed by atoms with Gasteiger partial charge in [-0.2, -0.15) is 0 Å². The van der Waals surface area contributed by atoms with Crippen molar-refractivity contribution in [3.63, 3.8) is 0 Å². The molecule has 0 fully saturated rings. The summed E-state index contributed by atoms with van der Waals surface area (Å²) in [5.74, 6) is -0.246. The SMILES string of the molecule is CCNC(Cc1cc(F)ccc1Cl)c1ccc(C)c(C)c1. The van der Waals surface area contributed by atoms with Crippen LogP contribution in [-0.4, -0.2) is 6.54 Å². The van der Waals surface area contributed by atoms with E-state index in [9.17, 15) is 4.39 Å². The molecule has 0 radical (unpaired) electrons. The first-order valence-corrected chi connectivity index (χ1v) is 7.63. The van der Waals surface area contributed by atoms with Gasteiger partial charge in [0.15, 0.2) is 0 Å². The lowest BCUT2D eigenvalue weighted by molar-refractivity contribution is 0.546. The van der Waals surface area contributed by atoms with Crippen molar-refractivity contribution in [2.45, 2.75) is 33.2 Å². The minimum absolute atomic E-state index is 0.133. The molecule has 0 heterocycles. The first-order valence-electron chi connectivity index (χ1n) is 7.25. The standard InChI is InChI=1S/C18H21ClFN/c1-4-21-18(14-6-5-12(2)13(3)9-14)11-15-10-16(20)7-8-17(15)19/h5-10,18,21H,4,11H2,1-3H3. The zero-order valence-corrected chi connectivity index (χ0v) is 13.5. The second kappa shape index (κ2) is 7.06. The lowest BCUT2D eigenvalue weighted by Gasteiger charge is -2.20. The van der Waals surface area contributed by atoms with Gasteiger partial charge in [0, 0.05) is 11.1 Å². The Morgan fingerprint density at radius 3 is 2.52 bits per heavy atom. The Balaban J connectivity index is 2.30. The van der Waals surface area contributed by atoms with Gasteiger partial charge < -0.3 is 5.32 Å². The van der Waals surface area contributed by atoms with Crippen molar-refractivity contribution in [3.8, 4) is 0 Å². The van der Waals surface area contributed by atoms with Crippen LogP contribution in [0.25, 0.3) is 0 Å². The highest BCUT2D eigenvalue weighted by molar-refractivity contribution is 6.31. The van der Waals surface area contributed by atoms with E-state index in [2.05, 4.69) is 44.3 Å². The van der Waals surface area contributed by atoms with Crippen LogP contribution < -0.4 is 5.32 Å². The highest BCUT2D eigenvalue weighted by Gasteiger charge is 2.14. The highest BCUT2D eigenvalue weighted by Crippen LogP contribution is 2.25. The molecule has 21 heavy (non-hydrogen) atoms. The molecule has 1 atom stereocenters. The highest BCUT2D eigenvalue weighted by atomic mass is 35.5. The van der Waals surface area contributed by atoms with Crippen molar-refractivity contribution in [2.75, 3.05) is 6.54 Å². The van der Waals surface area contributed by atoms with Crippen LogP contribution in [0.2, 0.25) is 5.02 Å². The lowest BCUT2D eigenvalue weighted by atomic mass is 9.96. The average molecular weight is 306 g/mol. The van der Waals surface area contributed by atoms with E-state index in [4.69, 9.17) is 11.6 Å². The molecule has 0 bridgehead atoms. The van der Waals surface area contributed by atoms with Crippen LogP contribution in [-0.2, 0) is 6.42 Å². The van der Waals surface area contributed by atoms with Gasteiger partial charge in [0.25, 0.3) is 0 Å². The van der Waals surface area contributed by atoms with Crippen molar-refractivity contribution in [2.24, 2.45) is 0 Å². The molecule has 112 valence electrons. The third kappa shape index (κ3) is 4.05. The predicted octanol–water partition coefficient (Wildman–Crippen LogP) is 4.99. The average Bonchev–Trinajstić information content (AvgIpc) is 2.45. The van der Waals surface area contributed by atoms with Gasteiger partial charge in [-0.25, -0.2) is 4.39 Å². The summed E-state index contributed by atoms with van der Waals surface area (Å²) in [7, 11) is 0. The number of hydrogen-bond acceptors (Lipinski definition) is 1. The summed E-state index contributed by atoms with van der Waals surface area (Å²) in [6, 6.07) is 11.1. The Kier molecular flexibility index (Phi) is 5.38. The topological polar surface area (TPSA) is 12.0 Å². The van der Waals surface area contributed by atoms with Crippen molar-refractivity contribution in [1.82, 2.24) is 5.32 Å². The van der Waals surface area contributed by atoms with Crippen molar-refractivity contribution >= 4 is 11.6 Å². The van der Waals surface area contributed by atoms with Crippen molar-refractivity contribution in [3.05, 3.63) is 69.5 Å². The monoisotopic (exact) mass is 305 g/mol. The van der Waals surface area contributed by atoms with Crippen LogP contribution in [0.5, 0.6) is 0 Å². The van der Waals surface area contributed by atoms with Crippen molar-refractivity contribution in [1.29, 1.82) is 0 Å². The lowest BCUT2D eigenvalue weighted by Crippen LogP contribution is -2.23. The fraction of sp³-hybridized carbons (Fsp3) is 0.333. The number of rotatable bonds is 5. The van der Waals surface area contributed by atoms with Gasteiger partial charge >= 0.3 is 0 Å². The van der Waals surface area contributed by atoms with Gasteiger partial charge in [0.2, 0.25) is 0 Å². The van der Waals surface area contributed by atoms with Crippen LogP contribution in [0.4, 0.5) is 4.39 Å². The van der Waals surface area contributed by atoms with Gasteiger partial charge in [-0.05, 0) is 67.3 Å². The Morgan fingerprint density at radius 2 is 1.86 bits per heavy atom. The van der Waals surface area contributed by atoms with E-state index < -0.39 is 0 Å². The minimum Gasteiger partial charge on any atom is -0.310 e. The number of hydrogen-bond donors (Lipinski definition) is 1. The maximum absolute atomic E-state index is 13.4. The van der Waals surface area contributed by atoms with E-state index in [1.54, 1.807) is 6.07 Å². The molecule has 2 rings (SSSR count). The summed E-state index contributed by atoms with van der Waals surface area (Å²) in [4.78, 5) is 0. The molecule has 0 saturated carbocycles. The first kappa shape index (κ1) is 16.0. The molecule has 0 aliphatic heterocycles. The minimum atomic E-state index is -0.246. The van der Waals surface area contributed by atoms with Gasteiger partial charge in [0.05, 0.1) is 0 Å². The first-order chi connectivity index (χ1) is 10.0. The second-order valence-electron chi connectivity index (χ2n) is 5.39. The zero-order chi connectivity index (χ0) is 15.4. The maximum Gasteiger partial charge on any atom is 0.123 e. The van der Waals surface area contributed by atoms with Crippen LogP contribution in [0.15, 0.2) is 36.4 Å². The molecule has 1 nitrogen and oxygen atoms in total. The third-order valence-corrected chi connectivity index (χ3v) is 4.18. The molecule has 0 aliphatic rings. The van der Waals surface area contributed by atoms with E-state index in [0.29, 0.717) is 11.4 Å². The Bertz CT molecular complexity index is 625. The molecule has 0 amide bonds. The molecule has 3 heteroatoms. The number of benzene rings is 2. The van der Waals surface area contributed by atoms with Gasteiger partial charge in [-0.15, -0.1) is 0 Å². The maximum atomic E-state index is 13.4. The van der Waals surface area contributed by atoms with Crippen LogP contribution in [0.3, 0.4) is 0 Å². The smallest absolute Gasteiger partial charge is 0.123 e. The normalized spacial score (nSPS) is 12.4.